The van der Waals surface area contributed by atoms with Gasteiger partial charge in [0.1, 0.15) is 17.3 Å². The van der Waals surface area contributed by atoms with Gasteiger partial charge in [0.2, 0.25) is 0 Å². The molecule has 0 bridgehead atoms. The highest BCUT2D eigenvalue weighted by atomic mass is 16.5. The first kappa shape index (κ1) is 22.1. The maximum atomic E-state index is 13.3. The lowest BCUT2D eigenvalue weighted by Crippen LogP contribution is -2.29. The van der Waals surface area contributed by atoms with Crippen molar-refractivity contribution in [3.63, 3.8) is 0 Å². The van der Waals surface area contributed by atoms with Gasteiger partial charge in [-0.15, -0.1) is 0 Å². The number of aliphatic hydroxyl groups excluding tert-OH is 1. The molecule has 1 amide bonds. The first-order valence-electron chi connectivity index (χ1n) is 10.5. The highest BCUT2D eigenvalue weighted by molar-refractivity contribution is 6.51. The first-order chi connectivity index (χ1) is 15.9. The van der Waals surface area contributed by atoms with Crippen LogP contribution in [-0.4, -0.2) is 31.0 Å². The number of nitrogens with zero attached hydrogens (tertiary/aromatic N) is 1. The molecule has 1 fully saturated rings. The van der Waals surface area contributed by atoms with Gasteiger partial charge in [0.15, 0.2) is 0 Å². The van der Waals surface area contributed by atoms with Crippen LogP contribution in [0, 0.1) is 13.8 Å². The average Bonchev–Trinajstić information content (AvgIpc) is 3.11. The van der Waals surface area contributed by atoms with Crippen molar-refractivity contribution >= 4 is 23.1 Å². The molecule has 1 heterocycles. The Morgan fingerprint density at radius 1 is 0.879 bits per heavy atom. The molecule has 0 aromatic heterocycles. The lowest BCUT2D eigenvalue weighted by atomic mass is 9.94. The van der Waals surface area contributed by atoms with Crippen LogP contribution in [0.5, 0.6) is 11.5 Å². The van der Waals surface area contributed by atoms with Gasteiger partial charge in [-0.25, -0.2) is 0 Å². The molecule has 1 unspecified atom stereocenters. The molecule has 6 nitrogen and oxygen atoms in total. The molecule has 3 aromatic carbocycles. The standard InChI is InChI=1S/C27H25NO5/c1-16-10-11-19(14-17(16)2)28-24(18-8-6-5-7-9-18)23(26(30)27(28)31)25(29)21-15-20(32-3)12-13-22(21)33-4/h5-15,24,29H,1-4H3/b25-23+. The zero-order valence-electron chi connectivity index (χ0n) is 19.0. The topological polar surface area (TPSA) is 76.1 Å². The van der Waals surface area contributed by atoms with E-state index in [0.29, 0.717) is 22.7 Å². The number of carbonyl (C=O) groups is 2. The van der Waals surface area contributed by atoms with E-state index in [0.717, 1.165) is 11.1 Å². The second-order valence-corrected chi connectivity index (χ2v) is 7.91. The van der Waals surface area contributed by atoms with E-state index in [1.807, 2.05) is 62.4 Å². The SMILES string of the molecule is COc1ccc(OC)c(/C(O)=C2\C(=O)C(=O)N(c3ccc(C)c(C)c3)C2c2ccccc2)c1. The van der Waals surface area contributed by atoms with E-state index in [1.165, 1.54) is 19.1 Å². The van der Waals surface area contributed by atoms with E-state index >= 15 is 0 Å². The van der Waals surface area contributed by atoms with Gasteiger partial charge < -0.3 is 14.6 Å². The number of hydrogen-bond acceptors (Lipinski definition) is 5. The van der Waals surface area contributed by atoms with Crippen LogP contribution in [0.2, 0.25) is 0 Å². The lowest BCUT2D eigenvalue weighted by molar-refractivity contribution is -0.132. The van der Waals surface area contributed by atoms with Gasteiger partial charge in [0.05, 0.1) is 31.4 Å². The number of rotatable bonds is 5. The summed E-state index contributed by atoms with van der Waals surface area (Å²) in [5.74, 6) is -0.932. The third kappa shape index (κ3) is 3.84. The van der Waals surface area contributed by atoms with Crippen LogP contribution in [0.1, 0.15) is 28.3 Å². The number of methoxy groups -OCH3 is 2. The quantitative estimate of drug-likeness (QED) is 0.343. The first-order valence-corrected chi connectivity index (χ1v) is 10.5. The van der Waals surface area contributed by atoms with E-state index in [-0.39, 0.29) is 16.9 Å². The number of ether oxygens (including phenoxy) is 2. The van der Waals surface area contributed by atoms with Crippen LogP contribution < -0.4 is 14.4 Å². The van der Waals surface area contributed by atoms with E-state index in [2.05, 4.69) is 0 Å². The molecular formula is C27H25NO5. The zero-order chi connectivity index (χ0) is 23.7. The fourth-order valence-electron chi connectivity index (χ4n) is 4.07. The van der Waals surface area contributed by atoms with Gasteiger partial charge >= 0.3 is 0 Å². The second kappa shape index (κ2) is 8.82. The predicted molar refractivity (Wildman–Crippen MR) is 127 cm³/mol. The number of Topliss-reactive ketones (excluding diaryl/α,β-unsaturated/α-hetero) is 1. The van der Waals surface area contributed by atoms with Crippen molar-refractivity contribution < 1.29 is 24.2 Å². The molecule has 0 radical (unpaired) electrons. The van der Waals surface area contributed by atoms with Crippen LogP contribution in [0.4, 0.5) is 5.69 Å². The average molecular weight is 443 g/mol. The number of amides is 1. The number of carbonyl (C=O) groups excluding carboxylic acids is 2. The van der Waals surface area contributed by atoms with E-state index in [9.17, 15) is 14.7 Å². The van der Waals surface area contributed by atoms with E-state index < -0.39 is 17.7 Å². The Morgan fingerprint density at radius 2 is 1.61 bits per heavy atom. The molecule has 0 aliphatic carbocycles. The summed E-state index contributed by atoms with van der Waals surface area (Å²) in [7, 11) is 2.98. The van der Waals surface area contributed by atoms with E-state index in [1.54, 1.807) is 18.2 Å². The third-order valence-electron chi connectivity index (χ3n) is 5.99. The summed E-state index contributed by atoms with van der Waals surface area (Å²) in [6.07, 6.45) is 0. The monoisotopic (exact) mass is 443 g/mol. The van der Waals surface area contributed by atoms with Gasteiger partial charge in [-0.3, -0.25) is 14.5 Å². The minimum Gasteiger partial charge on any atom is -0.507 e. The van der Waals surface area contributed by atoms with Gasteiger partial charge in [-0.05, 0) is 60.9 Å². The van der Waals surface area contributed by atoms with Gasteiger partial charge in [-0.2, -0.15) is 0 Å². The van der Waals surface area contributed by atoms with E-state index in [4.69, 9.17) is 9.47 Å². The molecule has 0 saturated carbocycles. The molecule has 6 heteroatoms. The summed E-state index contributed by atoms with van der Waals surface area (Å²) in [6, 6.07) is 18.9. The minimum atomic E-state index is -0.802. The maximum Gasteiger partial charge on any atom is 0.300 e. The molecular weight excluding hydrogens is 418 g/mol. The smallest absolute Gasteiger partial charge is 0.300 e. The number of benzene rings is 3. The lowest BCUT2D eigenvalue weighted by Gasteiger charge is -2.26. The Hall–Kier alpha value is -4.06. The number of aryl methyl sites for hydroxylation is 2. The highest BCUT2D eigenvalue weighted by Crippen LogP contribution is 2.44. The second-order valence-electron chi connectivity index (χ2n) is 7.91. The minimum absolute atomic E-state index is 0.00372. The van der Waals surface area contributed by atoms with Crippen molar-refractivity contribution in [1.82, 2.24) is 0 Å². The fourth-order valence-corrected chi connectivity index (χ4v) is 4.07. The summed E-state index contributed by atoms with van der Waals surface area (Å²) in [5, 5.41) is 11.4. The molecule has 1 N–H and O–H groups in total. The Bertz CT molecular complexity index is 1260. The van der Waals surface area contributed by atoms with Gasteiger partial charge in [0, 0.05) is 5.69 Å². The van der Waals surface area contributed by atoms with Crippen LogP contribution >= 0.6 is 0 Å². The number of anilines is 1. The summed E-state index contributed by atoms with van der Waals surface area (Å²) < 4.78 is 10.7. The Kier molecular flexibility index (Phi) is 5.92. The number of ketones is 1. The van der Waals surface area contributed by atoms with Crippen molar-refractivity contribution in [1.29, 1.82) is 0 Å². The molecule has 4 rings (SSSR count). The largest absolute Gasteiger partial charge is 0.507 e. The number of aliphatic hydroxyl groups is 1. The van der Waals surface area contributed by atoms with Crippen LogP contribution in [0.15, 0.2) is 72.3 Å². The Morgan fingerprint density at radius 3 is 2.24 bits per heavy atom. The zero-order valence-corrected chi connectivity index (χ0v) is 19.0. The summed E-state index contributed by atoms with van der Waals surface area (Å²) in [4.78, 5) is 28.0. The molecule has 33 heavy (non-hydrogen) atoms. The molecule has 1 aliphatic rings. The van der Waals surface area contributed by atoms with Crippen molar-refractivity contribution in [3.8, 4) is 11.5 Å². The maximum absolute atomic E-state index is 13.3. The molecule has 168 valence electrons. The van der Waals surface area contributed by atoms with Crippen molar-refractivity contribution in [2.45, 2.75) is 19.9 Å². The van der Waals surface area contributed by atoms with Crippen molar-refractivity contribution in [2.24, 2.45) is 0 Å². The van der Waals surface area contributed by atoms with Crippen LogP contribution in [-0.2, 0) is 9.59 Å². The fraction of sp³-hybridized carbons (Fsp3) is 0.185. The Labute approximate surface area is 192 Å². The number of hydrogen-bond donors (Lipinski definition) is 1. The Balaban J connectivity index is 1.98. The molecule has 1 saturated heterocycles. The molecule has 1 aliphatic heterocycles. The van der Waals surface area contributed by atoms with Gasteiger partial charge in [-0.1, -0.05) is 36.4 Å². The normalized spacial score (nSPS) is 17.3. The third-order valence-corrected chi connectivity index (χ3v) is 5.99. The summed E-state index contributed by atoms with van der Waals surface area (Å²) in [5.41, 5.74) is 3.64. The molecule has 3 aromatic rings. The molecule has 1 atom stereocenters. The van der Waals surface area contributed by atoms with Gasteiger partial charge in [0.25, 0.3) is 11.7 Å². The van der Waals surface area contributed by atoms with Crippen LogP contribution in [0.25, 0.3) is 5.76 Å². The summed E-state index contributed by atoms with van der Waals surface area (Å²) in [6.45, 7) is 3.94. The van der Waals surface area contributed by atoms with Crippen molar-refractivity contribution in [2.75, 3.05) is 19.1 Å². The van der Waals surface area contributed by atoms with Crippen molar-refractivity contribution in [3.05, 3.63) is 94.6 Å². The molecule has 0 spiro atoms. The van der Waals surface area contributed by atoms with Crippen LogP contribution in [0.3, 0.4) is 0 Å². The highest BCUT2D eigenvalue weighted by Gasteiger charge is 2.47. The predicted octanol–water partition coefficient (Wildman–Crippen LogP) is 4.95. The summed E-state index contributed by atoms with van der Waals surface area (Å²) >= 11 is 0.